The zero-order chi connectivity index (χ0) is 13.8. The van der Waals surface area contributed by atoms with Crippen molar-refractivity contribution in [3.8, 4) is 0 Å². The first-order valence-corrected chi connectivity index (χ1v) is 6.44. The van der Waals surface area contributed by atoms with Crippen LogP contribution in [-0.4, -0.2) is 32.9 Å². The summed E-state index contributed by atoms with van der Waals surface area (Å²) in [6, 6.07) is -0.780. The van der Waals surface area contributed by atoms with Crippen molar-refractivity contribution in [3.05, 3.63) is 33.1 Å². The number of rotatable bonds is 4. The summed E-state index contributed by atoms with van der Waals surface area (Å²) in [5.74, 6) is -0.962. The van der Waals surface area contributed by atoms with Gasteiger partial charge in [-0.05, 0) is 13.8 Å². The molecule has 1 aliphatic heterocycles. The summed E-state index contributed by atoms with van der Waals surface area (Å²) < 4.78 is 15.6. The predicted molar refractivity (Wildman–Crippen MR) is 67.1 cm³/mol. The van der Waals surface area contributed by atoms with Crippen LogP contribution >= 0.6 is 0 Å². The van der Waals surface area contributed by atoms with Crippen LogP contribution in [0.3, 0.4) is 0 Å². The van der Waals surface area contributed by atoms with Gasteiger partial charge in [-0.1, -0.05) is 12.2 Å². The van der Waals surface area contributed by atoms with E-state index in [0.717, 1.165) is 4.57 Å². The second-order valence-corrected chi connectivity index (χ2v) is 4.68. The standard InChI is InChI=1S/C12H17N3O4/c1-4-18-12(19-5-2)8-6-7-9(12)15-11(17)13(3)10(16)14(8)15/h6-9H,4-5H2,1-3H3/t8-,9-/m0/s1. The molecular weight excluding hydrogens is 250 g/mol. The first kappa shape index (κ1) is 12.4. The number of aromatic nitrogens is 3. The molecule has 0 fully saturated rings. The van der Waals surface area contributed by atoms with Crippen LogP contribution in [0.15, 0.2) is 21.7 Å². The maximum Gasteiger partial charge on any atom is 0.347 e. The van der Waals surface area contributed by atoms with E-state index in [2.05, 4.69) is 0 Å². The van der Waals surface area contributed by atoms with Gasteiger partial charge in [-0.3, -0.25) is 0 Å². The van der Waals surface area contributed by atoms with Crippen molar-refractivity contribution in [3.63, 3.8) is 0 Å². The summed E-state index contributed by atoms with van der Waals surface area (Å²) in [6.07, 6.45) is 3.74. The van der Waals surface area contributed by atoms with Crippen molar-refractivity contribution in [1.82, 2.24) is 13.9 Å². The molecule has 2 bridgehead atoms. The van der Waals surface area contributed by atoms with Crippen LogP contribution < -0.4 is 11.4 Å². The monoisotopic (exact) mass is 267 g/mol. The van der Waals surface area contributed by atoms with Gasteiger partial charge in [0.1, 0.15) is 12.1 Å². The van der Waals surface area contributed by atoms with Crippen molar-refractivity contribution in [1.29, 1.82) is 0 Å². The molecule has 104 valence electrons. The maximum absolute atomic E-state index is 12.1. The summed E-state index contributed by atoms with van der Waals surface area (Å²) in [6.45, 7) is 4.65. The first-order chi connectivity index (χ1) is 9.08. The maximum atomic E-state index is 12.1. The number of hydrogen-bond acceptors (Lipinski definition) is 4. The van der Waals surface area contributed by atoms with Gasteiger partial charge in [-0.25, -0.2) is 23.5 Å². The van der Waals surface area contributed by atoms with Crippen molar-refractivity contribution in [2.24, 2.45) is 7.05 Å². The molecule has 0 saturated heterocycles. The predicted octanol–water partition coefficient (Wildman–Crippen LogP) is -0.217. The minimum Gasteiger partial charge on any atom is -0.346 e. The van der Waals surface area contributed by atoms with Crippen molar-refractivity contribution in [2.75, 3.05) is 13.2 Å². The molecule has 2 atom stereocenters. The molecule has 1 aromatic heterocycles. The van der Waals surface area contributed by atoms with E-state index in [1.165, 1.54) is 16.4 Å². The van der Waals surface area contributed by atoms with Crippen LogP contribution in [0, 0.1) is 0 Å². The van der Waals surface area contributed by atoms with Crippen molar-refractivity contribution in [2.45, 2.75) is 31.7 Å². The molecule has 0 unspecified atom stereocenters. The number of ether oxygens (including phenoxy) is 2. The Morgan fingerprint density at radius 2 is 1.47 bits per heavy atom. The topological polar surface area (TPSA) is 67.4 Å². The second kappa shape index (κ2) is 3.94. The highest BCUT2D eigenvalue weighted by molar-refractivity contribution is 5.22. The summed E-state index contributed by atoms with van der Waals surface area (Å²) in [7, 11) is 1.48. The lowest BCUT2D eigenvalue weighted by molar-refractivity contribution is -0.246. The zero-order valence-electron chi connectivity index (χ0n) is 11.2. The van der Waals surface area contributed by atoms with Crippen LogP contribution in [-0.2, 0) is 16.5 Å². The van der Waals surface area contributed by atoms with Crippen LogP contribution in [0.25, 0.3) is 0 Å². The Labute approximate surface area is 109 Å². The molecule has 0 N–H and O–H groups in total. The van der Waals surface area contributed by atoms with Crippen molar-refractivity contribution < 1.29 is 9.47 Å². The van der Waals surface area contributed by atoms with Crippen LogP contribution in [0.2, 0.25) is 0 Å². The largest absolute Gasteiger partial charge is 0.347 e. The fourth-order valence-corrected chi connectivity index (χ4v) is 3.07. The lowest BCUT2D eigenvalue weighted by Gasteiger charge is -2.32. The normalized spacial score (nSPS) is 26.1. The third-order valence-electron chi connectivity index (χ3n) is 3.77. The molecule has 0 saturated carbocycles. The molecule has 19 heavy (non-hydrogen) atoms. The highest BCUT2D eigenvalue weighted by Crippen LogP contribution is 2.48. The third-order valence-corrected chi connectivity index (χ3v) is 3.77. The van der Waals surface area contributed by atoms with Gasteiger partial charge in [0.2, 0.25) is 5.79 Å². The highest BCUT2D eigenvalue weighted by atomic mass is 16.7. The lowest BCUT2D eigenvalue weighted by Crippen LogP contribution is -2.44. The smallest absolute Gasteiger partial charge is 0.346 e. The van der Waals surface area contributed by atoms with E-state index < -0.39 is 17.9 Å². The van der Waals surface area contributed by atoms with E-state index in [-0.39, 0.29) is 11.4 Å². The van der Waals surface area contributed by atoms with Crippen LogP contribution in [0.1, 0.15) is 25.9 Å². The molecule has 0 spiro atoms. The summed E-state index contributed by atoms with van der Waals surface area (Å²) in [4.78, 5) is 24.3. The SMILES string of the molecule is CCOC1(OCC)[C@@H]2C=C[C@@H]1n1c(=O)n(C)c(=O)n12. The van der Waals surface area contributed by atoms with Crippen molar-refractivity contribution >= 4 is 0 Å². The third kappa shape index (κ3) is 1.29. The van der Waals surface area contributed by atoms with Gasteiger partial charge >= 0.3 is 11.4 Å². The van der Waals surface area contributed by atoms with Gasteiger partial charge in [0, 0.05) is 20.3 Å². The van der Waals surface area contributed by atoms with Crippen LogP contribution in [0.4, 0.5) is 0 Å². The van der Waals surface area contributed by atoms with E-state index in [0.29, 0.717) is 13.2 Å². The Hall–Kier alpha value is -1.60. The van der Waals surface area contributed by atoms with Gasteiger partial charge in [0.25, 0.3) is 0 Å². The van der Waals surface area contributed by atoms with E-state index >= 15 is 0 Å². The molecule has 3 rings (SSSR count). The van der Waals surface area contributed by atoms with Gasteiger partial charge in [0.05, 0.1) is 0 Å². The zero-order valence-corrected chi connectivity index (χ0v) is 11.2. The Balaban J connectivity index is 2.20. The van der Waals surface area contributed by atoms with E-state index in [9.17, 15) is 9.59 Å². The van der Waals surface area contributed by atoms with E-state index in [1.54, 1.807) is 0 Å². The summed E-state index contributed by atoms with van der Waals surface area (Å²) in [5.41, 5.74) is -0.684. The molecule has 0 amide bonds. The molecule has 7 nitrogen and oxygen atoms in total. The van der Waals surface area contributed by atoms with Gasteiger partial charge in [0.15, 0.2) is 0 Å². The highest BCUT2D eigenvalue weighted by Gasteiger charge is 2.59. The average Bonchev–Trinajstić information content (AvgIpc) is 2.94. The Bertz CT molecular complexity index is 597. The minimum atomic E-state index is -0.962. The Kier molecular flexibility index (Phi) is 2.58. The van der Waals surface area contributed by atoms with E-state index in [1.807, 2.05) is 26.0 Å². The van der Waals surface area contributed by atoms with E-state index in [4.69, 9.17) is 9.47 Å². The quantitative estimate of drug-likeness (QED) is 0.559. The molecule has 7 heteroatoms. The molecule has 2 aliphatic rings. The molecule has 0 radical (unpaired) electrons. The molecule has 0 aromatic carbocycles. The van der Waals surface area contributed by atoms with Gasteiger partial charge < -0.3 is 9.47 Å². The molecule has 2 heterocycles. The molecule has 1 aromatic rings. The molecule has 1 aliphatic carbocycles. The fourth-order valence-electron chi connectivity index (χ4n) is 3.07. The minimum absolute atomic E-state index is 0.342. The fraction of sp³-hybridized carbons (Fsp3) is 0.667. The Morgan fingerprint density at radius 3 is 1.84 bits per heavy atom. The molecular formula is C12H17N3O4. The Morgan fingerprint density at radius 1 is 1.05 bits per heavy atom. The lowest BCUT2D eigenvalue weighted by atomic mass is 10.1. The first-order valence-electron chi connectivity index (χ1n) is 6.44. The van der Waals surface area contributed by atoms with Gasteiger partial charge in [-0.15, -0.1) is 0 Å². The van der Waals surface area contributed by atoms with Crippen LogP contribution in [0.5, 0.6) is 0 Å². The summed E-state index contributed by atoms with van der Waals surface area (Å²) >= 11 is 0. The number of hydrogen-bond donors (Lipinski definition) is 0. The number of nitrogens with zero attached hydrogens (tertiary/aromatic N) is 3. The number of fused-ring (bicyclic) bond motifs is 5. The van der Waals surface area contributed by atoms with Gasteiger partial charge in [-0.2, -0.15) is 0 Å². The summed E-state index contributed by atoms with van der Waals surface area (Å²) in [5, 5.41) is 0. The second-order valence-electron chi connectivity index (χ2n) is 4.68. The average molecular weight is 267 g/mol.